The van der Waals surface area contributed by atoms with Crippen LogP contribution in [0.5, 0.6) is 0 Å². The van der Waals surface area contributed by atoms with Crippen LogP contribution in [0.25, 0.3) is 0 Å². The van der Waals surface area contributed by atoms with Crippen LogP contribution in [0.2, 0.25) is 0 Å². The van der Waals surface area contributed by atoms with Gasteiger partial charge in [-0.2, -0.15) is 13.2 Å². The van der Waals surface area contributed by atoms with Crippen molar-refractivity contribution < 1.29 is 26.0 Å². The first kappa shape index (κ1) is 16.2. The van der Waals surface area contributed by atoms with Crippen molar-refractivity contribution >= 4 is 9.84 Å². The molecule has 0 saturated carbocycles. The van der Waals surface area contributed by atoms with Crippen molar-refractivity contribution in [3.63, 3.8) is 0 Å². The van der Waals surface area contributed by atoms with Gasteiger partial charge in [0.05, 0.1) is 17.1 Å². The Hall–Kier alpha value is -1.15. The summed E-state index contributed by atoms with van der Waals surface area (Å²) in [5.74, 6) is -0.852. The van der Waals surface area contributed by atoms with Gasteiger partial charge in [0, 0.05) is 12.6 Å². The molecule has 8 heteroatoms. The fourth-order valence-electron chi connectivity index (χ4n) is 2.32. The number of sulfone groups is 1. The Kier molecular flexibility index (Phi) is 4.57. The normalized spacial score (nSPS) is 19.6. The molecule has 0 unspecified atom stereocenters. The Morgan fingerprint density at radius 1 is 1.19 bits per heavy atom. The molecule has 1 N–H and O–H groups in total. The molecular weight excluding hydrogens is 310 g/mol. The van der Waals surface area contributed by atoms with Gasteiger partial charge >= 0.3 is 6.18 Å². The molecule has 0 radical (unpaired) electrons. The molecule has 1 fully saturated rings. The molecule has 1 aromatic carbocycles. The third kappa shape index (κ3) is 4.41. The fraction of sp³-hybridized carbons (Fsp3) is 0.538. The van der Waals surface area contributed by atoms with E-state index in [0.29, 0.717) is 18.9 Å². The SMILES string of the molecule is O=S1(=O)CCC(NCc2ccc(F)cc2C(F)(F)F)CC1. The number of hydrogen-bond donors (Lipinski definition) is 1. The monoisotopic (exact) mass is 325 g/mol. The maximum absolute atomic E-state index is 13.0. The van der Waals surface area contributed by atoms with Crippen LogP contribution in [0.1, 0.15) is 24.0 Å². The molecule has 0 aliphatic carbocycles. The minimum atomic E-state index is -4.62. The highest BCUT2D eigenvalue weighted by molar-refractivity contribution is 7.91. The van der Waals surface area contributed by atoms with Gasteiger partial charge in [-0.25, -0.2) is 12.8 Å². The Balaban J connectivity index is 2.04. The first-order valence-electron chi connectivity index (χ1n) is 6.47. The summed E-state index contributed by atoms with van der Waals surface area (Å²) in [6.07, 6.45) is -3.86. The summed E-state index contributed by atoms with van der Waals surface area (Å²) in [4.78, 5) is 0. The van der Waals surface area contributed by atoms with E-state index in [-0.39, 0.29) is 29.7 Å². The Morgan fingerprint density at radius 2 is 1.81 bits per heavy atom. The maximum Gasteiger partial charge on any atom is 0.416 e. The Bertz CT molecular complexity index is 599. The molecule has 0 bridgehead atoms. The first-order valence-corrected chi connectivity index (χ1v) is 8.29. The van der Waals surface area contributed by atoms with Crippen molar-refractivity contribution in [1.82, 2.24) is 5.32 Å². The zero-order valence-electron chi connectivity index (χ0n) is 11.1. The molecule has 21 heavy (non-hydrogen) atoms. The van der Waals surface area contributed by atoms with Crippen LogP contribution in [0.3, 0.4) is 0 Å². The zero-order chi connectivity index (χ0) is 15.7. The molecule has 0 amide bonds. The molecule has 1 heterocycles. The van der Waals surface area contributed by atoms with E-state index in [1.807, 2.05) is 0 Å². The van der Waals surface area contributed by atoms with Gasteiger partial charge in [-0.1, -0.05) is 6.07 Å². The van der Waals surface area contributed by atoms with Crippen molar-refractivity contribution in [2.24, 2.45) is 0 Å². The summed E-state index contributed by atoms with van der Waals surface area (Å²) >= 11 is 0. The molecule has 1 aromatic rings. The summed E-state index contributed by atoms with van der Waals surface area (Å²) in [5.41, 5.74) is -1.05. The maximum atomic E-state index is 13.0. The predicted molar refractivity (Wildman–Crippen MR) is 69.9 cm³/mol. The van der Waals surface area contributed by atoms with E-state index in [0.717, 1.165) is 12.1 Å². The fourth-order valence-corrected chi connectivity index (χ4v) is 3.81. The van der Waals surface area contributed by atoms with Crippen molar-refractivity contribution in [3.05, 3.63) is 35.1 Å². The van der Waals surface area contributed by atoms with Crippen LogP contribution in [0.15, 0.2) is 18.2 Å². The van der Waals surface area contributed by atoms with E-state index >= 15 is 0 Å². The van der Waals surface area contributed by atoms with Crippen LogP contribution < -0.4 is 5.32 Å². The minimum Gasteiger partial charge on any atom is -0.310 e. The van der Waals surface area contributed by atoms with Crippen molar-refractivity contribution in [3.8, 4) is 0 Å². The smallest absolute Gasteiger partial charge is 0.310 e. The Labute approximate surface area is 120 Å². The molecule has 1 saturated heterocycles. The zero-order valence-corrected chi connectivity index (χ0v) is 11.9. The second kappa shape index (κ2) is 5.92. The van der Waals surface area contributed by atoms with Crippen molar-refractivity contribution in [2.45, 2.75) is 31.6 Å². The lowest BCUT2D eigenvalue weighted by Crippen LogP contribution is -2.37. The number of hydrogen-bond acceptors (Lipinski definition) is 3. The van der Waals surface area contributed by atoms with E-state index in [1.54, 1.807) is 0 Å². The molecule has 2 rings (SSSR count). The molecule has 0 atom stereocenters. The molecule has 118 valence electrons. The average molecular weight is 325 g/mol. The van der Waals surface area contributed by atoms with Crippen LogP contribution in [0, 0.1) is 5.82 Å². The topological polar surface area (TPSA) is 46.2 Å². The van der Waals surface area contributed by atoms with E-state index in [2.05, 4.69) is 5.32 Å². The lowest BCUT2D eigenvalue weighted by atomic mass is 10.1. The first-order chi connectivity index (χ1) is 9.67. The number of nitrogens with one attached hydrogen (secondary N) is 1. The summed E-state index contributed by atoms with van der Waals surface area (Å²) in [5, 5.41) is 2.92. The molecule has 1 aliphatic heterocycles. The summed E-state index contributed by atoms with van der Waals surface area (Å²) in [6.45, 7) is -0.0696. The quantitative estimate of drug-likeness (QED) is 0.869. The van der Waals surface area contributed by atoms with E-state index in [4.69, 9.17) is 0 Å². The molecule has 0 aromatic heterocycles. The standard InChI is InChI=1S/C13H15F4NO2S/c14-10-2-1-9(12(7-10)13(15,16)17)8-18-11-3-5-21(19,20)6-4-11/h1-2,7,11,18H,3-6,8H2. The van der Waals surface area contributed by atoms with E-state index < -0.39 is 27.4 Å². The predicted octanol–water partition coefficient (Wildman–Crippen LogP) is 2.51. The lowest BCUT2D eigenvalue weighted by molar-refractivity contribution is -0.138. The van der Waals surface area contributed by atoms with Crippen molar-refractivity contribution in [1.29, 1.82) is 0 Å². The lowest BCUT2D eigenvalue weighted by Gasteiger charge is -2.24. The van der Waals surface area contributed by atoms with Crippen LogP contribution in [0.4, 0.5) is 17.6 Å². The van der Waals surface area contributed by atoms with Crippen molar-refractivity contribution in [2.75, 3.05) is 11.5 Å². The van der Waals surface area contributed by atoms with Gasteiger partial charge in [0.2, 0.25) is 0 Å². The van der Waals surface area contributed by atoms with E-state index in [1.165, 1.54) is 0 Å². The highest BCUT2D eigenvalue weighted by atomic mass is 32.2. The van der Waals surface area contributed by atoms with Gasteiger partial charge in [0.1, 0.15) is 15.7 Å². The molecule has 1 aliphatic rings. The molecular formula is C13H15F4NO2S. The number of benzene rings is 1. The molecule has 3 nitrogen and oxygen atoms in total. The third-order valence-corrected chi connectivity index (χ3v) is 5.23. The van der Waals surface area contributed by atoms with Gasteiger partial charge in [-0.05, 0) is 30.5 Å². The van der Waals surface area contributed by atoms with Crippen LogP contribution in [-0.2, 0) is 22.6 Å². The number of alkyl halides is 3. The van der Waals surface area contributed by atoms with E-state index in [9.17, 15) is 26.0 Å². The highest BCUT2D eigenvalue weighted by Gasteiger charge is 2.34. The van der Waals surface area contributed by atoms with Crippen LogP contribution >= 0.6 is 0 Å². The van der Waals surface area contributed by atoms with Gasteiger partial charge < -0.3 is 5.32 Å². The number of rotatable bonds is 3. The highest BCUT2D eigenvalue weighted by Crippen LogP contribution is 2.32. The van der Waals surface area contributed by atoms with Gasteiger partial charge in [-0.15, -0.1) is 0 Å². The number of halogens is 4. The Morgan fingerprint density at radius 3 is 2.38 bits per heavy atom. The van der Waals surface area contributed by atoms with Gasteiger partial charge in [0.25, 0.3) is 0 Å². The average Bonchev–Trinajstić information content (AvgIpc) is 2.37. The largest absolute Gasteiger partial charge is 0.416 e. The van der Waals surface area contributed by atoms with Crippen LogP contribution in [-0.4, -0.2) is 26.0 Å². The second-order valence-corrected chi connectivity index (χ2v) is 7.41. The second-order valence-electron chi connectivity index (χ2n) is 5.11. The minimum absolute atomic E-state index is 0.0419. The third-order valence-electron chi connectivity index (χ3n) is 3.51. The van der Waals surface area contributed by atoms with Gasteiger partial charge in [-0.3, -0.25) is 0 Å². The summed E-state index contributed by atoms with van der Waals surface area (Å²) in [6, 6.07) is 2.42. The summed E-state index contributed by atoms with van der Waals surface area (Å²) < 4.78 is 74.0. The van der Waals surface area contributed by atoms with Gasteiger partial charge in [0.15, 0.2) is 0 Å². The molecule has 0 spiro atoms. The summed E-state index contributed by atoms with van der Waals surface area (Å²) in [7, 11) is -3.01.